The fourth-order valence-electron chi connectivity index (χ4n) is 2.13. The van der Waals surface area contributed by atoms with E-state index < -0.39 is 17.7 Å². The molecule has 0 saturated heterocycles. The van der Waals surface area contributed by atoms with Gasteiger partial charge in [-0.05, 0) is 31.5 Å². The highest BCUT2D eigenvalue weighted by atomic mass is 19.3. The third kappa shape index (κ3) is 2.66. The number of hydrogen-bond acceptors (Lipinski definition) is 3. The maximum absolute atomic E-state index is 12.9. The monoisotopic (exact) mass is 292 g/mol. The molecule has 0 spiro atoms. The second-order valence-corrected chi connectivity index (χ2v) is 5.33. The van der Waals surface area contributed by atoms with Gasteiger partial charge >= 0.3 is 0 Å². The van der Waals surface area contributed by atoms with Gasteiger partial charge in [0.25, 0.3) is 5.92 Å². The number of anilines is 1. The van der Waals surface area contributed by atoms with E-state index in [1.165, 1.54) is 6.26 Å². The number of nitrogens with zero attached hydrogens (tertiary/aromatic N) is 1. The molecule has 0 bridgehead atoms. The minimum atomic E-state index is -2.86. The van der Waals surface area contributed by atoms with Gasteiger partial charge in [-0.15, -0.1) is 0 Å². The van der Waals surface area contributed by atoms with Crippen LogP contribution in [0.2, 0.25) is 0 Å². The predicted molar refractivity (Wildman–Crippen MR) is 73.1 cm³/mol. The van der Waals surface area contributed by atoms with Crippen LogP contribution in [0, 0.1) is 19.8 Å². The Morgan fingerprint density at radius 3 is 2.71 bits per heavy atom. The first-order valence-electron chi connectivity index (χ1n) is 6.58. The van der Waals surface area contributed by atoms with Crippen molar-refractivity contribution in [2.45, 2.75) is 26.2 Å². The molecule has 0 unspecified atom stereocenters. The number of rotatable bonds is 3. The van der Waals surface area contributed by atoms with Crippen molar-refractivity contribution in [1.29, 1.82) is 0 Å². The van der Waals surface area contributed by atoms with Gasteiger partial charge < -0.3 is 9.73 Å². The molecular weight excluding hydrogens is 278 g/mol. The van der Waals surface area contributed by atoms with Crippen LogP contribution in [0.4, 0.5) is 14.5 Å². The Balaban J connectivity index is 1.83. The summed E-state index contributed by atoms with van der Waals surface area (Å²) in [5, 5.41) is 2.52. The molecule has 1 aliphatic rings. The van der Waals surface area contributed by atoms with E-state index in [-0.39, 0.29) is 6.42 Å². The minimum absolute atomic E-state index is 0.378. The van der Waals surface area contributed by atoms with Crippen LogP contribution in [-0.2, 0) is 4.79 Å². The van der Waals surface area contributed by atoms with Crippen LogP contribution in [0.5, 0.6) is 0 Å². The number of aromatic nitrogens is 1. The van der Waals surface area contributed by atoms with Gasteiger partial charge in [0.15, 0.2) is 0 Å². The quantitative estimate of drug-likeness (QED) is 0.941. The summed E-state index contributed by atoms with van der Waals surface area (Å²) in [6.45, 7) is 3.69. The first kappa shape index (κ1) is 13.7. The number of alkyl halides is 2. The third-order valence-corrected chi connectivity index (χ3v) is 3.50. The van der Waals surface area contributed by atoms with Crippen molar-refractivity contribution in [2.75, 3.05) is 5.32 Å². The van der Waals surface area contributed by atoms with Crippen molar-refractivity contribution in [2.24, 2.45) is 5.92 Å². The van der Waals surface area contributed by atoms with E-state index in [2.05, 4.69) is 10.3 Å². The van der Waals surface area contributed by atoms with Crippen molar-refractivity contribution >= 4 is 11.6 Å². The van der Waals surface area contributed by atoms with Gasteiger partial charge in [-0.2, -0.15) is 0 Å². The van der Waals surface area contributed by atoms with E-state index in [4.69, 9.17) is 4.42 Å². The lowest BCUT2D eigenvalue weighted by atomic mass is 10.1. The maximum atomic E-state index is 12.9. The summed E-state index contributed by atoms with van der Waals surface area (Å²) in [6.07, 6.45) is 1.15. The van der Waals surface area contributed by atoms with Crippen LogP contribution < -0.4 is 5.32 Å². The van der Waals surface area contributed by atoms with Crippen LogP contribution in [0.1, 0.15) is 17.7 Å². The molecule has 1 heterocycles. The van der Waals surface area contributed by atoms with Gasteiger partial charge in [0.2, 0.25) is 11.8 Å². The maximum Gasteiger partial charge on any atom is 0.260 e. The highest BCUT2D eigenvalue weighted by Crippen LogP contribution is 2.49. The molecule has 1 amide bonds. The molecule has 2 aromatic rings. The largest absolute Gasteiger partial charge is 0.444 e. The van der Waals surface area contributed by atoms with E-state index in [0.29, 0.717) is 11.6 Å². The molecule has 1 fully saturated rings. The van der Waals surface area contributed by atoms with Crippen molar-refractivity contribution in [1.82, 2.24) is 4.98 Å². The smallest absolute Gasteiger partial charge is 0.260 e. The van der Waals surface area contributed by atoms with Crippen LogP contribution in [0.25, 0.3) is 11.5 Å². The zero-order valence-corrected chi connectivity index (χ0v) is 11.6. The summed E-state index contributed by atoms with van der Waals surface area (Å²) in [7, 11) is 0. The lowest BCUT2D eigenvalue weighted by molar-refractivity contribution is -0.119. The van der Waals surface area contributed by atoms with Crippen molar-refractivity contribution in [3.8, 4) is 11.5 Å². The highest BCUT2D eigenvalue weighted by molar-refractivity contribution is 5.95. The molecule has 1 aliphatic carbocycles. The standard InChI is InChI=1S/C15H14F2N2O2/c1-8-3-4-10(19-13(20)12-6-15(12,16)17)5-11(8)14-18-9(2)7-21-14/h3-5,7,12H,6H2,1-2H3,(H,19,20)/t12-/m0/s1. The topological polar surface area (TPSA) is 55.1 Å². The van der Waals surface area contributed by atoms with Crippen LogP contribution >= 0.6 is 0 Å². The van der Waals surface area contributed by atoms with Gasteiger partial charge in [0.05, 0.1) is 5.69 Å². The summed E-state index contributed by atoms with van der Waals surface area (Å²) in [5.41, 5.74) is 2.85. The molecule has 4 nitrogen and oxygen atoms in total. The van der Waals surface area contributed by atoms with E-state index >= 15 is 0 Å². The Labute approximate surface area is 120 Å². The average molecular weight is 292 g/mol. The zero-order valence-electron chi connectivity index (χ0n) is 11.6. The van der Waals surface area contributed by atoms with Crippen molar-refractivity contribution < 1.29 is 18.0 Å². The summed E-state index contributed by atoms with van der Waals surface area (Å²) in [4.78, 5) is 15.9. The first-order valence-corrected chi connectivity index (χ1v) is 6.58. The van der Waals surface area contributed by atoms with Gasteiger partial charge in [-0.25, -0.2) is 13.8 Å². The number of amides is 1. The average Bonchev–Trinajstić information content (AvgIpc) is 2.85. The Morgan fingerprint density at radius 2 is 2.14 bits per heavy atom. The molecular formula is C15H14F2N2O2. The van der Waals surface area contributed by atoms with E-state index in [1.807, 2.05) is 13.8 Å². The minimum Gasteiger partial charge on any atom is -0.444 e. The molecule has 0 aliphatic heterocycles. The SMILES string of the molecule is Cc1coc(-c2cc(NC(=O)[C@@H]3CC3(F)F)ccc2C)n1. The number of halogens is 2. The van der Waals surface area contributed by atoms with Crippen molar-refractivity contribution in [3.63, 3.8) is 0 Å². The molecule has 1 aromatic carbocycles. The Kier molecular flexibility index (Phi) is 3.04. The van der Waals surface area contributed by atoms with Crippen LogP contribution in [-0.4, -0.2) is 16.8 Å². The summed E-state index contributed by atoms with van der Waals surface area (Å²) >= 11 is 0. The first-order chi connectivity index (χ1) is 9.87. The van der Waals surface area contributed by atoms with E-state index in [0.717, 1.165) is 16.8 Å². The Bertz CT molecular complexity index is 709. The lowest BCUT2D eigenvalue weighted by Crippen LogP contribution is -2.17. The molecule has 1 aromatic heterocycles. The number of benzene rings is 1. The van der Waals surface area contributed by atoms with Crippen LogP contribution in [0.15, 0.2) is 28.9 Å². The molecule has 0 radical (unpaired) electrons. The van der Waals surface area contributed by atoms with Gasteiger partial charge in [-0.1, -0.05) is 6.07 Å². The molecule has 1 saturated carbocycles. The van der Waals surface area contributed by atoms with Gasteiger partial charge in [0, 0.05) is 17.7 Å². The number of oxazole rings is 1. The van der Waals surface area contributed by atoms with Crippen LogP contribution in [0.3, 0.4) is 0 Å². The van der Waals surface area contributed by atoms with Gasteiger partial charge in [0.1, 0.15) is 12.2 Å². The molecule has 110 valence electrons. The second-order valence-electron chi connectivity index (χ2n) is 5.33. The number of nitrogens with one attached hydrogen (secondary N) is 1. The molecule has 3 rings (SSSR count). The fraction of sp³-hybridized carbons (Fsp3) is 0.333. The molecule has 1 atom stereocenters. The number of hydrogen-bond donors (Lipinski definition) is 1. The highest BCUT2D eigenvalue weighted by Gasteiger charge is 2.61. The Morgan fingerprint density at radius 1 is 1.43 bits per heavy atom. The fourth-order valence-corrected chi connectivity index (χ4v) is 2.13. The third-order valence-electron chi connectivity index (χ3n) is 3.50. The number of carbonyl (C=O) groups is 1. The van der Waals surface area contributed by atoms with Gasteiger partial charge in [-0.3, -0.25) is 4.79 Å². The normalized spacial score (nSPS) is 19.3. The summed E-state index contributed by atoms with van der Waals surface area (Å²) < 4.78 is 31.1. The molecule has 6 heteroatoms. The second kappa shape index (κ2) is 4.65. The molecule has 21 heavy (non-hydrogen) atoms. The zero-order chi connectivity index (χ0) is 15.2. The molecule has 1 N–H and O–H groups in total. The lowest BCUT2D eigenvalue weighted by Gasteiger charge is -2.08. The number of carbonyl (C=O) groups excluding carboxylic acids is 1. The Hall–Kier alpha value is -2.24. The predicted octanol–water partition coefficient (Wildman–Crippen LogP) is 3.55. The van der Waals surface area contributed by atoms with E-state index in [1.54, 1.807) is 18.2 Å². The number of aryl methyl sites for hydroxylation is 2. The van der Waals surface area contributed by atoms with Crippen molar-refractivity contribution in [3.05, 3.63) is 35.7 Å². The summed E-state index contributed by atoms with van der Waals surface area (Å²) in [6, 6.07) is 5.14. The van der Waals surface area contributed by atoms with E-state index in [9.17, 15) is 13.6 Å². The summed E-state index contributed by atoms with van der Waals surface area (Å²) in [5.74, 6) is -4.29.